The standard InChI is InChI=1S/C24H21N3O6S2/c1-4-33-23(30)19-13(2)25-24-26(20(19)14-8-10-16(34-3)11-9-14)22(29)18(35-24)12-15-6-5-7-17(21(15)28)27(31)32/h5-12,20,28H,4H2,1-3H3/b18-12-. The minimum atomic E-state index is -0.762. The van der Waals surface area contributed by atoms with Crippen LogP contribution in [0.1, 0.15) is 31.0 Å². The van der Waals surface area contributed by atoms with Crippen LogP contribution in [0.5, 0.6) is 5.75 Å². The molecule has 0 radical (unpaired) electrons. The summed E-state index contributed by atoms with van der Waals surface area (Å²) in [6, 6.07) is 10.9. The number of fused-ring (bicyclic) bond motifs is 1. The van der Waals surface area contributed by atoms with Crippen LogP contribution in [-0.2, 0) is 9.53 Å². The number of nitro benzene ring substituents is 1. The molecule has 180 valence electrons. The Bertz CT molecular complexity index is 1540. The van der Waals surface area contributed by atoms with Gasteiger partial charge in [-0.25, -0.2) is 9.79 Å². The average Bonchev–Trinajstić information content (AvgIpc) is 3.13. The van der Waals surface area contributed by atoms with Gasteiger partial charge in [0.2, 0.25) is 5.75 Å². The number of nitrogens with zero attached hydrogens (tertiary/aromatic N) is 3. The maximum absolute atomic E-state index is 13.6. The molecule has 1 aliphatic heterocycles. The number of hydrogen-bond donors (Lipinski definition) is 1. The summed E-state index contributed by atoms with van der Waals surface area (Å²) in [6.45, 7) is 3.57. The van der Waals surface area contributed by atoms with E-state index in [1.54, 1.807) is 25.6 Å². The fourth-order valence-electron chi connectivity index (χ4n) is 3.85. The quantitative estimate of drug-likeness (QED) is 0.233. The number of carbonyl (C=O) groups is 1. The molecule has 11 heteroatoms. The fourth-order valence-corrected chi connectivity index (χ4v) is 5.29. The topological polar surface area (TPSA) is 124 Å². The Morgan fingerprint density at radius 3 is 2.66 bits per heavy atom. The molecule has 0 amide bonds. The van der Waals surface area contributed by atoms with E-state index in [0.29, 0.717) is 16.1 Å². The normalized spacial score (nSPS) is 15.5. The van der Waals surface area contributed by atoms with Gasteiger partial charge in [0.15, 0.2) is 4.80 Å². The highest BCUT2D eigenvalue weighted by atomic mass is 32.2. The molecule has 1 aromatic heterocycles. The van der Waals surface area contributed by atoms with Crippen molar-refractivity contribution in [3.8, 4) is 5.75 Å². The Morgan fingerprint density at radius 1 is 1.31 bits per heavy atom. The molecule has 1 atom stereocenters. The Kier molecular flexibility index (Phi) is 6.90. The fraction of sp³-hybridized carbons (Fsp3) is 0.208. The number of aromatic nitrogens is 1. The number of phenolic OH excluding ortho intramolecular Hbond substituents is 1. The molecule has 2 heterocycles. The minimum Gasteiger partial charge on any atom is -0.502 e. The van der Waals surface area contributed by atoms with Crippen LogP contribution in [0.2, 0.25) is 0 Å². The first kappa shape index (κ1) is 24.4. The van der Waals surface area contributed by atoms with E-state index >= 15 is 0 Å². The van der Waals surface area contributed by atoms with Crippen LogP contribution in [0.4, 0.5) is 5.69 Å². The van der Waals surface area contributed by atoms with Gasteiger partial charge in [-0.05, 0) is 43.9 Å². The largest absolute Gasteiger partial charge is 0.502 e. The summed E-state index contributed by atoms with van der Waals surface area (Å²) in [7, 11) is 0. The summed E-state index contributed by atoms with van der Waals surface area (Å²) < 4.78 is 6.92. The average molecular weight is 512 g/mol. The molecule has 1 aliphatic rings. The van der Waals surface area contributed by atoms with Gasteiger partial charge in [0.25, 0.3) is 5.56 Å². The van der Waals surface area contributed by atoms with Crippen molar-refractivity contribution in [1.29, 1.82) is 0 Å². The number of hydrogen-bond acceptors (Lipinski definition) is 9. The van der Waals surface area contributed by atoms with Gasteiger partial charge < -0.3 is 9.84 Å². The molecule has 0 aliphatic carbocycles. The number of para-hydroxylation sites is 1. The highest BCUT2D eigenvalue weighted by Gasteiger charge is 2.33. The lowest BCUT2D eigenvalue weighted by Gasteiger charge is -2.24. The molecule has 0 bridgehead atoms. The zero-order valence-electron chi connectivity index (χ0n) is 19.0. The zero-order chi connectivity index (χ0) is 25.3. The summed E-state index contributed by atoms with van der Waals surface area (Å²) in [5, 5.41) is 21.5. The number of thioether (sulfide) groups is 1. The van der Waals surface area contributed by atoms with E-state index in [0.717, 1.165) is 16.2 Å². The summed E-state index contributed by atoms with van der Waals surface area (Å²) in [6.07, 6.45) is 3.35. The maximum Gasteiger partial charge on any atom is 0.338 e. The molecular weight excluding hydrogens is 490 g/mol. The van der Waals surface area contributed by atoms with E-state index in [4.69, 9.17) is 4.74 Å². The third-order valence-corrected chi connectivity index (χ3v) is 7.20. The molecule has 35 heavy (non-hydrogen) atoms. The predicted octanol–water partition coefficient (Wildman–Crippen LogP) is 3.13. The number of nitro groups is 1. The molecule has 1 unspecified atom stereocenters. The number of carbonyl (C=O) groups excluding carboxylic acids is 1. The predicted molar refractivity (Wildman–Crippen MR) is 133 cm³/mol. The van der Waals surface area contributed by atoms with Crippen LogP contribution >= 0.6 is 23.1 Å². The second-order valence-electron chi connectivity index (χ2n) is 7.55. The van der Waals surface area contributed by atoms with Crippen LogP contribution in [0, 0.1) is 10.1 Å². The number of phenols is 1. The van der Waals surface area contributed by atoms with Gasteiger partial charge in [-0.2, -0.15) is 0 Å². The highest BCUT2D eigenvalue weighted by molar-refractivity contribution is 7.98. The van der Waals surface area contributed by atoms with Crippen molar-refractivity contribution >= 4 is 40.8 Å². The SMILES string of the molecule is CCOC(=O)C1=C(C)N=c2s/c(=C\c3cccc([N+](=O)[O-])c3O)c(=O)n2C1c1ccc(SC)cc1. The van der Waals surface area contributed by atoms with Crippen LogP contribution in [-0.4, -0.2) is 33.4 Å². The number of rotatable bonds is 6. The number of benzene rings is 2. The molecule has 0 saturated carbocycles. The molecule has 1 N–H and O–H groups in total. The van der Waals surface area contributed by atoms with Gasteiger partial charge in [0.05, 0.1) is 33.4 Å². The third kappa shape index (κ3) is 4.52. The summed E-state index contributed by atoms with van der Waals surface area (Å²) in [5.74, 6) is -1.09. The summed E-state index contributed by atoms with van der Waals surface area (Å²) in [5.41, 5.74) is 0.651. The van der Waals surface area contributed by atoms with Gasteiger partial charge in [-0.3, -0.25) is 19.5 Å². The van der Waals surface area contributed by atoms with Crippen molar-refractivity contribution < 1.29 is 19.6 Å². The Labute approximate surface area is 207 Å². The van der Waals surface area contributed by atoms with Crippen molar-refractivity contribution in [1.82, 2.24) is 4.57 Å². The van der Waals surface area contributed by atoms with E-state index in [-0.39, 0.29) is 22.3 Å². The van der Waals surface area contributed by atoms with Crippen LogP contribution in [0.25, 0.3) is 6.08 Å². The maximum atomic E-state index is 13.6. The first-order valence-electron chi connectivity index (χ1n) is 10.6. The van der Waals surface area contributed by atoms with Crippen molar-refractivity contribution in [2.24, 2.45) is 4.99 Å². The number of aromatic hydroxyl groups is 1. The number of thiazole rings is 1. The molecular formula is C24H21N3O6S2. The molecule has 2 aromatic carbocycles. The van der Waals surface area contributed by atoms with E-state index in [9.17, 15) is 24.8 Å². The first-order valence-corrected chi connectivity index (χ1v) is 12.6. The molecule has 9 nitrogen and oxygen atoms in total. The smallest absolute Gasteiger partial charge is 0.338 e. The summed E-state index contributed by atoms with van der Waals surface area (Å²) in [4.78, 5) is 42.9. The van der Waals surface area contributed by atoms with E-state index < -0.39 is 33.9 Å². The van der Waals surface area contributed by atoms with Crippen molar-refractivity contribution in [3.05, 3.63) is 94.7 Å². The summed E-state index contributed by atoms with van der Waals surface area (Å²) >= 11 is 2.65. The Morgan fingerprint density at radius 2 is 2.03 bits per heavy atom. The molecule has 0 fully saturated rings. The highest BCUT2D eigenvalue weighted by Crippen LogP contribution is 2.32. The van der Waals surface area contributed by atoms with Gasteiger partial charge >= 0.3 is 11.7 Å². The lowest BCUT2D eigenvalue weighted by atomic mass is 9.96. The van der Waals surface area contributed by atoms with Crippen molar-refractivity contribution in [2.75, 3.05) is 12.9 Å². The number of esters is 1. The number of ether oxygens (including phenoxy) is 1. The molecule has 0 saturated heterocycles. The van der Waals surface area contributed by atoms with Crippen LogP contribution in [0.15, 0.2) is 68.4 Å². The minimum absolute atomic E-state index is 0.131. The lowest BCUT2D eigenvalue weighted by Crippen LogP contribution is -2.39. The van der Waals surface area contributed by atoms with E-state index in [1.807, 2.05) is 30.5 Å². The first-order chi connectivity index (χ1) is 16.8. The van der Waals surface area contributed by atoms with Crippen LogP contribution < -0.4 is 14.9 Å². The van der Waals surface area contributed by atoms with Crippen LogP contribution in [0.3, 0.4) is 0 Å². The second-order valence-corrected chi connectivity index (χ2v) is 9.44. The lowest BCUT2D eigenvalue weighted by molar-refractivity contribution is -0.385. The zero-order valence-corrected chi connectivity index (χ0v) is 20.7. The number of allylic oxidation sites excluding steroid dienone is 1. The Hall–Kier alpha value is -3.70. The van der Waals surface area contributed by atoms with Gasteiger partial charge in [0.1, 0.15) is 0 Å². The second kappa shape index (κ2) is 9.88. The van der Waals surface area contributed by atoms with Gasteiger partial charge in [0, 0.05) is 16.5 Å². The Balaban J connectivity index is 1.95. The van der Waals surface area contributed by atoms with Crippen molar-refractivity contribution in [2.45, 2.75) is 24.8 Å². The van der Waals surface area contributed by atoms with Crippen molar-refractivity contribution in [3.63, 3.8) is 0 Å². The van der Waals surface area contributed by atoms with Gasteiger partial charge in [-0.15, -0.1) is 11.8 Å². The third-order valence-electron chi connectivity index (χ3n) is 5.48. The molecule has 3 aromatic rings. The molecule has 0 spiro atoms. The monoisotopic (exact) mass is 511 g/mol. The molecule has 4 rings (SSSR count). The van der Waals surface area contributed by atoms with E-state index in [1.165, 1.54) is 28.8 Å². The van der Waals surface area contributed by atoms with E-state index in [2.05, 4.69) is 4.99 Å². The van der Waals surface area contributed by atoms with Gasteiger partial charge in [-0.1, -0.05) is 35.6 Å².